The van der Waals surface area contributed by atoms with Crippen molar-refractivity contribution in [1.29, 1.82) is 0 Å². The zero-order valence-electron chi connectivity index (χ0n) is 6.82. The van der Waals surface area contributed by atoms with Gasteiger partial charge in [-0.15, -0.1) is 0 Å². The van der Waals surface area contributed by atoms with Gasteiger partial charge in [0, 0.05) is 5.92 Å². The highest BCUT2D eigenvalue weighted by molar-refractivity contribution is 5.78. The lowest BCUT2D eigenvalue weighted by molar-refractivity contribution is -0.143. The second-order valence-electron chi connectivity index (χ2n) is 3.30. The molecule has 3 N–H and O–H groups in total. The van der Waals surface area contributed by atoms with Crippen LogP contribution >= 0.6 is 0 Å². The molecule has 4 nitrogen and oxygen atoms in total. The van der Waals surface area contributed by atoms with Crippen LogP contribution in [0.3, 0.4) is 0 Å². The number of carboxylic acids is 1. The number of hydrogen-bond donors (Lipinski definition) is 2. The van der Waals surface area contributed by atoms with Gasteiger partial charge in [0.1, 0.15) is 0 Å². The quantitative estimate of drug-likeness (QED) is 0.629. The van der Waals surface area contributed by atoms with Gasteiger partial charge in [0.25, 0.3) is 0 Å². The monoisotopic (exact) mass is 171 g/mol. The van der Waals surface area contributed by atoms with Crippen molar-refractivity contribution in [3.63, 3.8) is 0 Å². The predicted molar refractivity (Wildman–Crippen MR) is 42.3 cm³/mol. The molecule has 0 aromatic carbocycles. The number of primary amides is 1. The van der Waals surface area contributed by atoms with E-state index in [2.05, 4.69) is 0 Å². The van der Waals surface area contributed by atoms with E-state index in [0.29, 0.717) is 12.8 Å². The van der Waals surface area contributed by atoms with Crippen molar-refractivity contribution >= 4 is 11.9 Å². The molecule has 1 saturated carbocycles. The van der Waals surface area contributed by atoms with Gasteiger partial charge >= 0.3 is 5.97 Å². The van der Waals surface area contributed by atoms with Crippen LogP contribution in [-0.4, -0.2) is 17.0 Å². The molecule has 2 atom stereocenters. The number of carbonyl (C=O) groups is 2. The molecule has 1 unspecified atom stereocenters. The Morgan fingerprint density at radius 1 is 1.25 bits per heavy atom. The maximum atomic E-state index is 10.8. The molecular formula is C8H13NO3. The average molecular weight is 171 g/mol. The Kier molecular flexibility index (Phi) is 2.68. The zero-order chi connectivity index (χ0) is 9.14. The molecule has 1 rings (SSSR count). The Bertz CT molecular complexity index is 182. The summed E-state index contributed by atoms with van der Waals surface area (Å²) in [5.74, 6) is -1.75. The van der Waals surface area contributed by atoms with Crippen LogP contribution < -0.4 is 5.73 Å². The lowest BCUT2D eigenvalue weighted by atomic mass is 9.81. The third-order valence-electron chi connectivity index (χ3n) is 2.43. The van der Waals surface area contributed by atoms with E-state index in [9.17, 15) is 9.59 Å². The molecule has 68 valence electrons. The number of hydrogen-bond acceptors (Lipinski definition) is 2. The maximum Gasteiger partial charge on any atom is 0.306 e. The summed E-state index contributed by atoms with van der Waals surface area (Å²) in [5, 5.41) is 8.69. The van der Waals surface area contributed by atoms with E-state index in [0.717, 1.165) is 12.8 Å². The van der Waals surface area contributed by atoms with Crippen molar-refractivity contribution in [3.05, 3.63) is 0 Å². The SMILES string of the molecule is NC(=O)C1CCC[C@H](C(=O)O)C1. The minimum atomic E-state index is -0.805. The molecule has 0 bridgehead atoms. The van der Waals surface area contributed by atoms with Gasteiger partial charge in [-0.25, -0.2) is 0 Å². The van der Waals surface area contributed by atoms with Gasteiger partial charge in [0.05, 0.1) is 5.92 Å². The van der Waals surface area contributed by atoms with Gasteiger partial charge in [-0.1, -0.05) is 6.42 Å². The van der Waals surface area contributed by atoms with E-state index in [-0.39, 0.29) is 17.7 Å². The fourth-order valence-electron chi connectivity index (χ4n) is 1.67. The van der Waals surface area contributed by atoms with Crippen molar-refractivity contribution in [1.82, 2.24) is 0 Å². The molecule has 0 heterocycles. The second kappa shape index (κ2) is 3.56. The highest BCUT2D eigenvalue weighted by Gasteiger charge is 2.29. The molecule has 1 aliphatic carbocycles. The van der Waals surface area contributed by atoms with Crippen LogP contribution in [0.1, 0.15) is 25.7 Å². The highest BCUT2D eigenvalue weighted by Crippen LogP contribution is 2.28. The number of rotatable bonds is 2. The summed E-state index contributed by atoms with van der Waals surface area (Å²) in [6.45, 7) is 0. The van der Waals surface area contributed by atoms with Crippen molar-refractivity contribution in [2.75, 3.05) is 0 Å². The Labute approximate surface area is 70.7 Å². The van der Waals surface area contributed by atoms with Crippen LogP contribution in [0.5, 0.6) is 0 Å². The fraction of sp³-hybridized carbons (Fsp3) is 0.750. The van der Waals surface area contributed by atoms with Gasteiger partial charge in [0.15, 0.2) is 0 Å². The summed E-state index contributed by atoms with van der Waals surface area (Å²) < 4.78 is 0. The number of aliphatic carboxylic acids is 1. The van der Waals surface area contributed by atoms with Crippen LogP contribution in [0.15, 0.2) is 0 Å². The Morgan fingerprint density at radius 2 is 1.83 bits per heavy atom. The molecule has 0 saturated heterocycles. The fourth-order valence-corrected chi connectivity index (χ4v) is 1.67. The summed E-state index contributed by atoms with van der Waals surface area (Å²) >= 11 is 0. The molecule has 0 aromatic rings. The third kappa shape index (κ3) is 1.96. The molecule has 0 aromatic heterocycles. The van der Waals surface area contributed by atoms with Gasteiger partial charge in [0.2, 0.25) is 5.91 Å². The number of carbonyl (C=O) groups excluding carboxylic acids is 1. The highest BCUT2D eigenvalue weighted by atomic mass is 16.4. The zero-order valence-corrected chi connectivity index (χ0v) is 6.82. The molecule has 0 spiro atoms. The van der Waals surface area contributed by atoms with Crippen LogP contribution in [0.2, 0.25) is 0 Å². The van der Waals surface area contributed by atoms with Gasteiger partial charge < -0.3 is 10.8 Å². The summed E-state index contributed by atoms with van der Waals surface area (Å²) in [6, 6.07) is 0. The largest absolute Gasteiger partial charge is 0.481 e. The van der Waals surface area contributed by atoms with Gasteiger partial charge in [-0.05, 0) is 19.3 Å². The maximum absolute atomic E-state index is 10.8. The van der Waals surface area contributed by atoms with E-state index in [4.69, 9.17) is 10.8 Å². The van der Waals surface area contributed by atoms with E-state index in [1.807, 2.05) is 0 Å². The lowest BCUT2D eigenvalue weighted by Crippen LogP contribution is -2.31. The van der Waals surface area contributed by atoms with Crippen LogP contribution in [0, 0.1) is 11.8 Å². The standard InChI is InChI=1S/C8H13NO3/c9-7(10)5-2-1-3-6(4-5)8(11)12/h5-6H,1-4H2,(H2,9,10)(H,11,12)/t5?,6-/m0/s1. The minimum Gasteiger partial charge on any atom is -0.481 e. The Hall–Kier alpha value is -1.06. The van der Waals surface area contributed by atoms with Gasteiger partial charge in [-0.3, -0.25) is 9.59 Å². The van der Waals surface area contributed by atoms with E-state index >= 15 is 0 Å². The second-order valence-corrected chi connectivity index (χ2v) is 3.30. The summed E-state index contributed by atoms with van der Waals surface area (Å²) in [5.41, 5.74) is 5.10. The smallest absolute Gasteiger partial charge is 0.306 e. The van der Waals surface area contributed by atoms with E-state index in [1.165, 1.54) is 0 Å². The number of amides is 1. The van der Waals surface area contributed by atoms with Crippen LogP contribution in [0.4, 0.5) is 0 Å². The first-order valence-corrected chi connectivity index (χ1v) is 4.13. The first-order valence-electron chi connectivity index (χ1n) is 4.13. The summed E-state index contributed by atoms with van der Waals surface area (Å²) in [4.78, 5) is 21.3. The molecule has 1 aliphatic rings. The molecule has 1 fully saturated rings. The summed E-state index contributed by atoms with van der Waals surface area (Å²) in [7, 11) is 0. The van der Waals surface area contributed by atoms with E-state index in [1.54, 1.807) is 0 Å². The Balaban J connectivity index is 2.51. The van der Waals surface area contributed by atoms with Crippen LogP contribution in [0.25, 0.3) is 0 Å². The van der Waals surface area contributed by atoms with Crippen molar-refractivity contribution in [2.45, 2.75) is 25.7 Å². The van der Waals surface area contributed by atoms with Crippen molar-refractivity contribution in [3.8, 4) is 0 Å². The molecular weight excluding hydrogens is 158 g/mol. The number of carboxylic acid groups (broad SMARTS) is 1. The predicted octanol–water partition coefficient (Wildman–Crippen LogP) is 0.363. The first-order chi connectivity index (χ1) is 5.61. The molecule has 1 amide bonds. The molecule has 0 aliphatic heterocycles. The average Bonchev–Trinajstić information content (AvgIpc) is 2.04. The molecule has 0 radical (unpaired) electrons. The third-order valence-corrected chi connectivity index (χ3v) is 2.43. The normalized spacial score (nSPS) is 29.7. The first kappa shape index (κ1) is 9.03. The lowest BCUT2D eigenvalue weighted by Gasteiger charge is -2.23. The molecule has 12 heavy (non-hydrogen) atoms. The minimum absolute atomic E-state index is 0.222. The molecule has 4 heteroatoms. The van der Waals surface area contributed by atoms with E-state index < -0.39 is 5.97 Å². The van der Waals surface area contributed by atoms with Crippen molar-refractivity contribution in [2.24, 2.45) is 17.6 Å². The Morgan fingerprint density at radius 3 is 2.33 bits per heavy atom. The van der Waals surface area contributed by atoms with Gasteiger partial charge in [-0.2, -0.15) is 0 Å². The topological polar surface area (TPSA) is 80.4 Å². The van der Waals surface area contributed by atoms with Crippen molar-refractivity contribution < 1.29 is 14.7 Å². The summed E-state index contributed by atoms with van der Waals surface area (Å²) in [6.07, 6.45) is 2.65. The number of nitrogens with two attached hydrogens (primary N) is 1. The van der Waals surface area contributed by atoms with Crippen LogP contribution in [-0.2, 0) is 9.59 Å².